The molecule has 1 saturated heterocycles. The van der Waals surface area contributed by atoms with Crippen molar-refractivity contribution in [2.45, 2.75) is 52.5 Å². The number of fused-ring (bicyclic) bond motifs is 1. The third-order valence-electron chi connectivity index (χ3n) is 7.43. The molecule has 0 aliphatic carbocycles. The van der Waals surface area contributed by atoms with E-state index in [4.69, 9.17) is 0 Å². The van der Waals surface area contributed by atoms with Gasteiger partial charge in [-0.2, -0.15) is 0 Å². The lowest BCUT2D eigenvalue weighted by molar-refractivity contribution is 0.202. The normalized spacial score (nSPS) is 16.8. The van der Waals surface area contributed by atoms with E-state index in [1.807, 2.05) is 37.6 Å². The predicted octanol–water partition coefficient (Wildman–Crippen LogP) is 6.28. The van der Waals surface area contributed by atoms with Crippen LogP contribution < -0.4 is 5.32 Å². The van der Waals surface area contributed by atoms with Gasteiger partial charge in [0.1, 0.15) is 29.5 Å². The second-order valence-electron chi connectivity index (χ2n) is 10.4. The zero-order chi connectivity index (χ0) is 27.4. The van der Waals surface area contributed by atoms with E-state index in [-0.39, 0.29) is 23.9 Å². The van der Waals surface area contributed by atoms with Crippen LogP contribution in [0.4, 0.5) is 14.6 Å². The van der Waals surface area contributed by atoms with Gasteiger partial charge in [-0.05, 0) is 96.1 Å². The number of hydrogen-bond donors (Lipinski definition) is 1. The highest BCUT2D eigenvalue weighted by Crippen LogP contribution is 2.32. The third kappa shape index (κ3) is 5.99. The molecule has 1 fully saturated rings. The van der Waals surface area contributed by atoms with Gasteiger partial charge in [0.2, 0.25) is 0 Å². The summed E-state index contributed by atoms with van der Waals surface area (Å²) in [4.78, 5) is 19.2. The molecule has 3 aromatic rings. The van der Waals surface area contributed by atoms with Crippen molar-refractivity contribution in [3.63, 3.8) is 0 Å². The Morgan fingerprint density at radius 2 is 1.97 bits per heavy atom. The molecular formula is C29H37F2N7. The Bertz CT molecular complexity index is 1330. The smallest absolute Gasteiger partial charge is 0.167 e. The van der Waals surface area contributed by atoms with E-state index in [2.05, 4.69) is 56.9 Å². The van der Waals surface area contributed by atoms with Crippen molar-refractivity contribution in [1.82, 2.24) is 19.4 Å². The van der Waals surface area contributed by atoms with E-state index >= 15 is 8.78 Å². The topological polar surface area (TPSA) is 70.7 Å². The molecule has 1 aromatic carbocycles. The molecule has 2 aromatic heterocycles. The summed E-state index contributed by atoms with van der Waals surface area (Å²) in [5, 5.41) is 3.12. The first kappa shape index (κ1) is 27.6. The molecule has 202 valence electrons. The van der Waals surface area contributed by atoms with Crippen LogP contribution >= 0.6 is 0 Å². The number of nitrogens with zero attached hydrogens (tertiary/aromatic N) is 6. The molecule has 9 heteroatoms. The number of aryl methyl sites for hydroxylation is 1. The van der Waals surface area contributed by atoms with Gasteiger partial charge in [-0.1, -0.05) is 13.0 Å². The molecule has 1 atom stereocenters. The first-order valence-corrected chi connectivity index (χ1v) is 13.1. The van der Waals surface area contributed by atoms with Crippen molar-refractivity contribution in [3.05, 3.63) is 65.3 Å². The molecule has 3 heterocycles. The number of pyridine rings is 1. The summed E-state index contributed by atoms with van der Waals surface area (Å²) in [5.41, 5.74) is 2.32. The van der Waals surface area contributed by atoms with Crippen molar-refractivity contribution in [2.75, 3.05) is 32.1 Å². The average molecular weight is 522 g/mol. The lowest BCUT2D eigenvalue weighted by atomic mass is 9.82. The monoisotopic (exact) mass is 521 g/mol. The minimum Gasteiger partial charge on any atom is -0.351 e. The summed E-state index contributed by atoms with van der Waals surface area (Å²) in [6.45, 7) is 13.7. The van der Waals surface area contributed by atoms with Crippen LogP contribution in [0.1, 0.15) is 62.5 Å². The number of rotatable bonds is 9. The Morgan fingerprint density at radius 3 is 2.61 bits per heavy atom. The van der Waals surface area contributed by atoms with E-state index in [0.717, 1.165) is 19.3 Å². The fourth-order valence-corrected chi connectivity index (χ4v) is 5.28. The highest BCUT2D eigenvalue weighted by Gasteiger charge is 2.23. The van der Waals surface area contributed by atoms with Crippen LogP contribution in [0.15, 0.2) is 52.5 Å². The van der Waals surface area contributed by atoms with Crippen LogP contribution in [0.3, 0.4) is 0 Å². The number of aromatic nitrogens is 3. The molecule has 1 N–H and O–H groups in total. The van der Waals surface area contributed by atoms with Crippen molar-refractivity contribution >= 4 is 29.3 Å². The first-order valence-electron chi connectivity index (χ1n) is 13.1. The van der Waals surface area contributed by atoms with Gasteiger partial charge >= 0.3 is 0 Å². The Kier molecular flexibility index (Phi) is 8.66. The maximum atomic E-state index is 15.0. The van der Waals surface area contributed by atoms with Gasteiger partial charge in [-0.15, -0.1) is 0 Å². The molecule has 0 bridgehead atoms. The lowest BCUT2D eigenvalue weighted by Crippen LogP contribution is -2.32. The molecule has 38 heavy (non-hydrogen) atoms. The number of allylic oxidation sites excluding steroid dienone is 1. The third-order valence-corrected chi connectivity index (χ3v) is 7.43. The number of benzene rings is 1. The molecule has 0 radical (unpaired) electrons. The van der Waals surface area contributed by atoms with Gasteiger partial charge in [0.05, 0.1) is 11.7 Å². The zero-order valence-electron chi connectivity index (χ0n) is 22.9. The molecule has 4 rings (SSSR count). The summed E-state index contributed by atoms with van der Waals surface area (Å²) in [5.74, 6) is 1.18. The van der Waals surface area contributed by atoms with Gasteiger partial charge in [0.25, 0.3) is 0 Å². The summed E-state index contributed by atoms with van der Waals surface area (Å²) in [7, 11) is 2.17. The van der Waals surface area contributed by atoms with Crippen LogP contribution in [0.2, 0.25) is 0 Å². The predicted molar refractivity (Wildman–Crippen MR) is 151 cm³/mol. The van der Waals surface area contributed by atoms with Crippen LogP contribution in [0, 0.1) is 18.7 Å². The maximum absolute atomic E-state index is 15.0. The average Bonchev–Trinajstić information content (AvgIpc) is 3.23. The second kappa shape index (κ2) is 11.9. The van der Waals surface area contributed by atoms with Crippen LogP contribution in [0.25, 0.3) is 11.0 Å². The number of imidazole rings is 1. The van der Waals surface area contributed by atoms with Crippen LogP contribution in [-0.2, 0) is 0 Å². The standard InChI is InChI=1S/C29H37F2N7/c1-18(2)38-20(4)36-29-24(30)13-23(14-26(29)38)28(25(31)16-32-5)35-17-34-27-8-7-22(15-33-27)19(3)21-9-11-37(6)12-10-21/h7-8,13-16,18-19,21H,5,9-12,17H2,1-4,6H3,(H,33,34)/b25-16+,35-28-. The van der Waals surface area contributed by atoms with Crippen LogP contribution in [0.5, 0.6) is 0 Å². The zero-order valence-corrected chi connectivity index (χ0v) is 22.9. The van der Waals surface area contributed by atoms with Crippen molar-refractivity contribution in [3.8, 4) is 0 Å². The Labute approximate surface area is 223 Å². The number of halogens is 2. The van der Waals surface area contributed by atoms with E-state index in [0.29, 0.717) is 34.6 Å². The van der Waals surface area contributed by atoms with Gasteiger partial charge < -0.3 is 14.8 Å². The lowest BCUT2D eigenvalue weighted by Gasteiger charge is -2.32. The molecule has 1 aliphatic heterocycles. The second-order valence-corrected chi connectivity index (χ2v) is 10.4. The van der Waals surface area contributed by atoms with E-state index in [1.54, 1.807) is 6.07 Å². The molecule has 0 amide bonds. The van der Waals surface area contributed by atoms with E-state index < -0.39 is 11.6 Å². The molecule has 7 nitrogen and oxygen atoms in total. The van der Waals surface area contributed by atoms with E-state index in [1.165, 1.54) is 24.5 Å². The highest BCUT2D eigenvalue weighted by molar-refractivity contribution is 6.12. The summed E-state index contributed by atoms with van der Waals surface area (Å²) in [6.07, 6.45) is 5.26. The quantitative estimate of drug-likeness (QED) is 0.337. The number of anilines is 1. The first-order chi connectivity index (χ1) is 18.2. The van der Waals surface area contributed by atoms with Gasteiger partial charge in [0.15, 0.2) is 11.6 Å². The van der Waals surface area contributed by atoms with Crippen LogP contribution in [-0.4, -0.2) is 58.7 Å². The summed E-state index contributed by atoms with van der Waals surface area (Å²) >= 11 is 0. The van der Waals surface area contributed by atoms with Crippen molar-refractivity contribution < 1.29 is 8.78 Å². The number of aliphatic imine (C=N–C) groups is 2. The van der Waals surface area contributed by atoms with Crippen molar-refractivity contribution in [2.24, 2.45) is 15.9 Å². The fraction of sp³-hybridized carbons (Fsp3) is 0.448. The SMILES string of the molecule is C=N/C=C(F)\C(=N/CNc1ccc(C(C)C2CCN(C)CC2)cn1)c1cc(F)c2nc(C)n(C(C)C)c2c1. The molecular weight excluding hydrogens is 484 g/mol. The number of likely N-dealkylation sites (tertiary alicyclic amines) is 1. The van der Waals surface area contributed by atoms with Gasteiger partial charge in [-0.25, -0.2) is 18.7 Å². The minimum absolute atomic E-state index is 0.0210. The fourth-order valence-electron chi connectivity index (χ4n) is 5.28. The Hall–Kier alpha value is -3.46. The van der Waals surface area contributed by atoms with Crippen molar-refractivity contribution in [1.29, 1.82) is 0 Å². The number of piperidine rings is 1. The highest BCUT2D eigenvalue weighted by atomic mass is 19.1. The molecule has 1 aliphatic rings. The Morgan fingerprint density at radius 1 is 1.24 bits per heavy atom. The van der Waals surface area contributed by atoms with E-state index in [9.17, 15) is 0 Å². The number of nitrogens with one attached hydrogen (secondary N) is 1. The van der Waals surface area contributed by atoms with Gasteiger partial charge in [-0.3, -0.25) is 9.98 Å². The molecule has 1 unspecified atom stereocenters. The number of hydrogen-bond acceptors (Lipinski definition) is 6. The van der Waals surface area contributed by atoms with Gasteiger partial charge in [0, 0.05) is 17.8 Å². The largest absolute Gasteiger partial charge is 0.351 e. The molecule has 0 saturated carbocycles. The summed E-state index contributed by atoms with van der Waals surface area (Å²) in [6, 6.07) is 7.04. The summed E-state index contributed by atoms with van der Waals surface area (Å²) < 4.78 is 32.0. The molecule has 0 spiro atoms. The maximum Gasteiger partial charge on any atom is 0.167 e. The minimum atomic E-state index is -0.705. The Balaban J connectivity index is 1.54.